The summed E-state index contributed by atoms with van der Waals surface area (Å²) in [7, 11) is 0. The molecule has 0 unspecified atom stereocenters. The molecule has 120 valence electrons. The third kappa shape index (κ3) is 5.43. The number of nitrogens with zero attached hydrogens (tertiary/aromatic N) is 2. The zero-order chi connectivity index (χ0) is 16.7. The minimum absolute atomic E-state index is 0.0649. The molecule has 23 heavy (non-hydrogen) atoms. The minimum Gasteiger partial charge on any atom is -0.354 e. The fraction of sp³-hybridized carbons (Fsp3) is 0.235. The van der Waals surface area contributed by atoms with Crippen molar-refractivity contribution in [2.24, 2.45) is 4.99 Å². The highest BCUT2D eigenvalue weighted by Gasteiger charge is 2.06. The molecule has 0 spiro atoms. The van der Waals surface area contributed by atoms with Gasteiger partial charge >= 0.3 is 0 Å². The Hall–Kier alpha value is -2.89. The Bertz CT molecular complexity index is 667. The van der Waals surface area contributed by atoms with Gasteiger partial charge in [0.15, 0.2) is 5.96 Å². The highest BCUT2D eigenvalue weighted by Crippen LogP contribution is 2.15. The quantitative estimate of drug-likeness (QED) is 0.383. The van der Waals surface area contributed by atoms with Crippen LogP contribution in [0.3, 0.4) is 0 Å². The molecule has 0 aliphatic rings. The van der Waals surface area contributed by atoms with Crippen LogP contribution in [-0.4, -0.2) is 16.9 Å². The SMILES string of the molecule is CC(C)NC(=NCc1ccccc1)Nc1ccc([N+](=O)[O-])cc1. The van der Waals surface area contributed by atoms with Gasteiger partial charge in [-0.15, -0.1) is 0 Å². The molecule has 2 rings (SSSR count). The van der Waals surface area contributed by atoms with Crippen molar-refractivity contribution in [3.8, 4) is 0 Å². The fourth-order valence-corrected chi connectivity index (χ4v) is 1.95. The lowest BCUT2D eigenvalue weighted by Gasteiger charge is -2.15. The van der Waals surface area contributed by atoms with E-state index in [1.54, 1.807) is 12.1 Å². The molecule has 0 aliphatic carbocycles. The number of nitro benzene ring substituents is 1. The Balaban J connectivity index is 2.10. The highest BCUT2D eigenvalue weighted by molar-refractivity contribution is 5.93. The van der Waals surface area contributed by atoms with Crippen molar-refractivity contribution in [1.29, 1.82) is 0 Å². The number of nitro groups is 1. The monoisotopic (exact) mass is 312 g/mol. The number of anilines is 1. The molecule has 6 nitrogen and oxygen atoms in total. The van der Waals surface area contributed by atoms with Gasteiger partial charge in [-0.25, -0.2) is 4.99 Å². The average molecular weight is 312 g/mol. The summed E-state index contributed by atoms with van der Waals surface area (Å²) in [6, 6.07) is 16.4. The third-order valence-corrected chi connectivity index (χ3v) is 3.03. The standard InChI is InChI=1S/C17H20N4O2/c1-13(2)19-17(18-12-14-6-4-3-5-7-14)20-15-8-10-16(11-9-15)21(22)23/h3-11,13H,12H2,1-2H3,(H2,18,19,20). The van der Waals surface area contributed by atoms with Crippen LogP contribution in [0.15, 0.2) is 59.6 Å². The summed E-state index contributed by atoms with van der Waals surface area (Å²) in [5.74, 6) is 0.637. The summed E-state index contributed by atoms with van der Waals surface area (Å²) >= 11 is 0. The number of rotatable bonds is 5. The topological polar surface area (TPSA) is 79.6 Å². The lowest BCUT2D eigenvalue weighted by atomic mass is 10.2. The van der Waals surface area contributed by atoms with Crippen molar-refractivity contribution >= 4 is 17.3 Å². The first kappa shape index (κ1) is 16.5. The lowest BCUT2D eigenvalue weighted by molar-refractivity contribution is -0.384. The summed E-state index contributed by atoms with van der Waals surface area (Å²) in [4.78, 5) is 14.8. The highest BCUT2D eigenvalue weighted by atomic mass is 16.6. The summed E-state index contributed by atoms with van der Waals surface area (Å²) in [6.07, 6.45) is 0. The Kier molecular flexibility index (Phi) is 5.68. The smallest absolute Gasteiger partial charge is 0.269 e. The number of aliphatic imine (C=N–C) groups is 1. The van der Waals surface area contributed by atoms with Gasteiger partial charge < -0.3 is 10.6 Å². The van der Waals surface area contributed by atoms with Gasteiger partial charge in [0.1, 0.15) is 0 Å². The molecular formula is C17H20N4O2. The second-order valence-electron chi connectivity index (χ2n) is 5.38. The molecular weight excluding hydrogens is 292 g/mol. The largest absolute Gasteiger partial charge is 0.354 e. The molecule has 0 amide bonds. The molecule has 0 aromatic heterocycles. The van der Waals surface area contributed by atoms with Crippen LogP contribution >= 0.6 is 0 Å². The Morgan fingerprint density at radius 3 is 2.35 bits per heavy atom. The fourth-order valence-electron chi connectivity index (χ4n) is 1.95. The molecule has 2 aromatic carbocycles. The van der Waals surface area contributed by atoms with Crippen LogP contribution in [0.4, 0.5) is 11.4 Å². The van der Waals surface area contributed by atoms with Gasteiger partial charge in [0.05, 0.1) is 11.5 Å². The average Bonchev–Trinajstić information content (AvgIpc) is 2.53. The predicted octanol–water partition coefficient (Wildman–Crippen LogP) is 3.56. The van der Waals surface area contributed by atoms with Gasteiger partial charge in [0, 0.05) is 23.9 Å². The number of hydrogen-bond acceptors (Lipinski definition) is 3. The van der Waals surface area contributed by atoms with E-state index in [9.17, 15) is 10.1 Å². The maximum Gasteiger partial charge on any atom is 0.269 e. The van der Waals surface area contributed by atoms with Crippen LogP contribution in [-0.2, 0) is 6.54 Å². The van der Waals surface area contributed by atoms with Crippen molar-refractivity contribution in [1.82, 2.24) is 5.32 Å². The van der Waals surface area contributed by atoms with Crippen LogP contribution in [0.2, 0.25) is 0 Å². The van der Waals surface area contributed by atoms with Crippen molar-refractivity contribution in [3.05, 3.63) is 70.3 Å². The first-order valence-electron chi connectivity index (χ1n) is 7.41. The molecule has 2 aromatic rings. The Labute approximate surface area is 135 Å². The van der Waals surface area contributed by atoms with Gasteiger partial charge in [-0.2, -0.15) is 0 Å². The summed E-state index contributed by atoms with van der Waals surface area (Å²) in [6.45, 7) is 4.60. The van der Waals surface area contributed by atoms with Crippen molar-refractivity contribution in [3.63, 3.8) is 0 Å². The van der Waals surface area contributed by atoms with Gasteiger partial charge in [-0.05, 0) is 31.5 Å². The van der Waals surface area contributed by atoms with Crippen LogP contribution in [0, 0.1) is 10.1 Å². The van der Waals surface area contributed by atoms with Crippen LogP contribution in [0.1, 0.15) is 19.4 Å². The summed E-state index contributed by atoms with van der Waals surface area (Å²) in [5, 5.41) is 17.1. The number of guanidine groups is 1. The number of non-ortho nitro benzene ring substituents is 1. The van der Waals surface area contributed by atoms with E-state index in [0.29, 0.717) is 12.5 Å². The van der Waals surface area contributed by atoms with E-state index >= 15 is 0 Å². The molecule has 0 saturated heterocycles. The number of nitrogens with one attached hydrogen (secondary N) is 2. The second kappa shape index (κ2) is 7.93. The molecule has 0 aliphatic heterocycles. The minimum atomic E-state index is -0.416. The molecule has 6 heteroatoms. The second-order valence-corrected chi connectivity index (χ2v) is 5.38. The van der Waals surface area contributed by atoms with Crippen LogP contribution in [0.25, 0.3) is 0 Å². The van der Waals surface area contributed by atoms with E-state index < -0.39 is 4.92 Å². The van der Waals surface area contributed by atoms with Crippen molar-refractivity contribution in [2.75, 3.05) is 5.32 Å². The molecule has 0 fully saturated rings. The van der Waals surface area contributed by atoms with E-state index in [2.05, 4.69) is 15.6 Å². The van der Waals surface area contributed by atoms with E-state index in [4.69, 9.17) is 0 Å². The summed E-state index contributed by atoms with van der Waals surface area (Å²) in [5.41, 5.74) is 1.92. The molecule has 0 atom stereocenters. The van der Waals surface area contributed by atoms with E-state index in [1.165, 1.54) is 12.1 Å². The molecule has 0 heterocycles. The zero-order valence-corrected chi connectivity index (χ0v) is 13.2. The number of hydrogen-bond donors (Lipinski definition) is 2. The maximum absolute atomic E-state index is 10.7. The molecule has 2 N–H and O–H groups in total. The Morgan fingerprint density at radius 2 is 1.78 bits per heavy atom. The van der Waals surface area contributed by atoms with Gasteiger partial charge in [-0.1, -0.05) is 30.3 Å². The number of benzene rings is 2. The predicted molar refractivity (Wildman–Crippen MR) is 92.6 cm³/mol. The normalized spacial score (nSPS) is 11.3. The summed E-state index contributed by atoms with van der Waals surface area (Å²) < 4.78 is 0. The molecule has 0 saturated carbocycles. The van der Waals surface area contributed by atoms with E-state index in [-0.39, 0.29) is 11.7 Å². The van der Waals surface area contributed by atoms with Crippen molar-refractivity contribution in [2.45, 2.75) is 26.4 Å². The van der Waals surface area contributed by atoms with Gasteiger partial charge in [0.2, 0.25) is 0 Å². The van der Waals surface area contributed by atoms with Crippen LogP contribution < -0.4 is 10.6 Å². The van der Waals surface area contributed by atoms with Gasteiger partial charge in [0.25, 0.3) is 5.69 Å². The molecule has 0 bridgehead atoms. The van der Waals surface area contributed by atoms with Crippen molar-refractivity contribution < 1.29 is 4.92 Å². The first-order chi connectivity index (χ1) is 11.0. The first-order valence-corrected chi connectivity index (χ1v) is 7.41. The van der Waals surface area contributed by atoms with E-state index in [1.807, 2.05) is 44.2 Å². The maximum atomic E-state index is 10.7. The van der Waals surface area contributed by atoms with E-state index in [0.717, 1.165) is 11.3 Å². The Morgan fingerprint density at radius 1 is 1.13 bits per heavy atom. The third-order valence-electron chi connectivity index (χ3n) is 3.03. The van der Waals surface area contributed by atoms with Gasteiger partial charge in [-0.3, -0.25) is 10.1 Å². The lowest BCUT2D eigenvalue weighted by Crippen LogP contribution is -2.36. The zero-order valence-electron chi connectivity index (χ0n) is 13.2. The molecule has 0 radical (unpaired) electrons. The van der Waals surface area contributed by atoms with Crippen LogP contribution in [0.5, 0.6) is 0 Å².